The Kier molecular flexibility index (Phi) is 5.93. The van der Waals surface area contributed by atoms with Crippen LogP contribution in [0.15, 0.2) is 84.6 Å². The zero-order valence-corrected chi connectivity index (χ0v) is 19.7. The average Bonchev–Trinajstić information content (AvgIpc) is 3.12. The van der Waals surface area contributed by atoms with Crippen LogP contribution in [0.2, 0.25) is 0 Å². The molecule has 1 saturated heterocycles. The maximum atomic E-state index is 13.7. The van der Waals surface area contributed by atoms with Crippen LogP contribution in [0.4, 0.5) is 5.69 Å². The summed E-state index contributed by atoms with van der Waals surface area (Å²) in [6, 6.07) is 26.1. The monoisotopic (exact) mass is 451 g/mol. The molecule has 172 valence electrons. The number of benzene rings is 3. The van der Waals surface area contributed by atoms with Crippen molar-refractivity contribution in [3.05, 3.63) is 107 Å². The molecule has 2 amide bonds. The Balaban J connectivity index is 1.48. The lowest BCUT2D eigenvalue weighted by atomic mass is 9.99. The summed E-state index contributed by atoms with van der Waals surface area (Å²) < 4.78 is 0. The summed E-state index contributed by atoms with van der Waals surface area (Å²) in [7, 11) is 0. The number of rotatable bonds is 5. The molecule has 5 rings (SSSR count). The van der Waals surface area contributed by atoms with E-state index >= 15 is 0 Å². The molecule has 0 spiro atoms. The second kappa shape index (κ2) is 9.18. The van der Waals surface area contributed by atoms with Crippen molar-refractivity contribution in [3.63, 3.8) is 0 Å². The smallest absolute Gasteiger partial charge is 0.278 e. The molecular formula is C29H29N3O2. The van der Waals surface area contributed by atoms with Crippen LogP contribution in [0.25, 0.3) is 5.57 Å². The van der Waals surface area contributed by atoms with Gasteiger partial charge in [0, 0.05) is 31.9 Å². The third kappa shape index (κ3) is 4.10. The lowest BCUT2D eigenvalue weighted by molar-refractivity contribution is -0.138. The fourth-order valence-corrected chi connectivity index (χ4v) is 4.75. The van der Waals surface area contributed by atoms with Gasteiger partial charge in [0.2, 0.25) is 0 Å². The highest BCUT2D eigenvalue weighted by Crippen LogP contribution is 2.34. The second-order valence-electron chi connectivity index (χ2n) is 9.01. The quantitative estimate of drug-likeness (QED) is 0.539. The molecule has 0 radical (unpaired) electrons. The van der Waals surface area contributed by atoms with Crippen LogP contribution in [0.1, 0.15) is 22.3 Å². The molecule has 2 aliphatic heterocycles. The molecule has 5 nitrogen and oxygen atoms in total. The van der Waals surface area contributed by atoms with Crippen molar-refractivity contribution in [2.75, 3.05) is 31.1 Å². The van der Waals surface area contributed by atoms with Crippen LogP contribution in [-0.4, -0.2) is 47.8 Å². The molecule has 0 saturated carbocycles. The standard InChI is InChI=1S/C29H29N3O2/c1-21-13-14-24(19-22(21)2)26-27(29(34)32(28(26)33)20-23-9-5-3-6-10-23)31-17-15-30(16-18-31)25-11-7-4-8-12-25/h3-14,19H,15-18,20H2,1-2H3. The Morgan fingerprint density at radius 2 is 1.29 bits per heavy atom. The van der Waals surface area contributed by atoms with E-state index in [4.69, 9.17) is 0 Å². The Hall–Kier alpha value is -3.86. The maximum absolute atomic E-state index is 13.7. The number of imide groups is 1. The molecule has 0 N–H and O–H groups in total. The first-order valence-electron chi connectivity index (χ1n) is 11.8. The minimum Gasteiger partial charge on any atom is -0.368 e. The number of piperazine rings is 1. The van der Waals surface area contributed by atoms with Gasteiger partial charge >= 0.3 is 0 Å². The molecule has 0 atom stereocenters. The van der Waals surface area contributed by atoms with Crippen LogP contribution in [-0.2, 0) is 16.1 Å². The van der Waals surface area contributed by atoms with Crippen molar-refractivity contribution in [1.29, 1.82) is 0 Å². The Morgan fingerprint density at radius 3 is 1.94 bits per heavy atom. The van der Waals surface area contributed by atoms with Crippen molar-refractivity contribution in [1.82, 2.24) is 9.80 Å². The average molecular weight is 452 g/mol. The van der Waals surface area contributed by atoms with Gasteiger partial charge in [0.25, 0.3) is 11.8 Å². The molecule has 0 bridgehead atoms. The predicted octanol–water partition coefficient (Wildman–Crippen LogP) is 4.41. The third-order valence-corrected chi connectivity index (χ3v) is 6.84. The molecule has 5 heteroatoms. The lowest BCUT2D eigenvalue weighted by Gasteiger charge is -2.37. The molecule has 2 aliphatic rings. The second-order valence-corrected chi connectivity index (χ2v) is 9.01. The van der Waals surface area contributed by atoms with E-state index in [1.165, 1.54) is 16.2 Å². The highest BCUT2D eigenvalue weighted by atomic mass is 16.2. The number of hydrogen-bond acceptors (Lipinski definition) is 4. The fourth-order valence-electron chi connectivity index (χ4n) is 4.75. The summed E-state index contributed by atoms with van der Waals surface area (Å²) in [6.45, 7) is 7.36. The number of hydrogen-bond donors (Lipinski definition) is 0. The first-order chi connectivity index (χ1) is 16.5. The Morgan fingerprint density at radius 1 is 0.676 bits per heavy atom. The van der Waals surface area contributed by atoms with Gasteiger partial charge in [-0.05, 0) is 48.2 Å². The van der Waals surface area contributed by atoms with E-state index in [9.17, 15) is 9.59 Å². The van der Waals surface area contributed by atoms with Crippen LogP contribution in [0.3, 0.4) is 0 Å². The minimum absolute atomic E-state index is 0.199. The zero-order chi connectivity index (χ0) is 23.7. The number of para-hydroxylation sites is 1. The van der Waals surface area contributed by atoms with E-state index in [0.717, 1.165) is 29.8 Å². The van der Waals surface area contributed by atoms with Gasteiger partial charge in [-0.2, -0.15) is 0 Å². The summed E-state index contributed by atoms with van der Waals surface area (Å²) in [6.07, 6.45) is 0. The molecule has 3 aromatic rings. The molecule has 3 aromatic carbocycles. The number of amides is 2. The van der Waals surface area contributed by atoms with Gasteiger partial charge in [0.1, 0.15) is 5.70 Å². The molecule has 1 fully saturated rings. The van der Waals surface area contributed by atoms with Crippen molar-refractivity contribution in [2.45, 2.75) is 20.4 Å². The lowest BCUT2D eigenvalue weighted by Crippen LogP contribution is -2.47. The van der Waals surface area contributed by atoms with E-state index < -0.39 is 0 Å². The zero-order valence-electron chi connectivity index (χ0n) is 19.7. The summed E-state index contributed by atoms with van der Waals surface area (Å²) in [4.78, 5) is 33.2. The van der Waals surface area contributed by atoms with Gasteiger partial charge < -0.3 is 9.80 Å². The summed E-state index contributed by atoms with van der Waals surface area (Å²) in [5, 5.41) is 0. The topological polar surface area (TPSA) is 43.9 Å². The fraction of sp³-hybridized carbons (Fsp3) is 0.241. The maximum Gasteiger partial charge on any atom is 0.278 e. The predicted molar refractivity (Wildman–Crippen MR) is 135 cm³/mol. The van der Waals surface area contributed by atoms with Gasteiger partial charge in [-0.3, -0.25) is 14.5 Å². The number of anilines is 1. The highest BCUT2D eigenvalue weighted by molar-refractivity contribution is 6.35. The number of carbonyl (C=O) groups is 2. The molecular weight excluding hydrogens is 422 g/mol. The normalized spacial score (nSPS) is 16.6. The van der Waals surface area contributed by atoms with Gasteiger partial charge in [-0.1, -0.05) is 66.7 Å². The largest absolute Gasteiger partial charge is 0.368 e. The molecule has 0 aromatic heterocycles. The van der Waals surface area contributed by atoms with Crippen LogP contribution >= 0.6 is 0 Å². The molecule has 0 aliphatic carbocycles. The number of aryl methyl sites for hydroxylation is 2. The van der Waals surface area contributed by atoms with Crippen molar-refractivity contribution < 1.29 is 9.59 Å². The molecule has 34 heavy (non-hydrogen) atoms. The third-order valence-electron chi connectivity index (χ3n) is 6.84. The van der Waals surface area contributed by atoms with E-state index in [-0.39, 0.29) is 18.4 Å². The van der Waals surface area contributed by atoms with Crippen molar-refractivity contribution in [2.24, 2.45) is 0 Å². The van der Waals surface area contributed by atoms with Gasteiger partial charge in [0.05, 0.1) is 12.1 Å². The molecule has 2 heterocycles. The van der Waals surface area contributed by atoms with Crippen molar-refractivity contribution in [3.8, 4) is 0 Å². The van der Waals surface area contributed by atoms with Crippen LogP contribution in [0, 0.1) is 13.8 Å². The number of nitrogens with zero attached hydrogens (tertiary/aromatic N) is 3. The van der Waals surface area contributed by atoms with E-state index in [1.54, 1.807) is 0 Å². The highest BCUT2D eigenvalue weighted by Gasteiger charge is 2.42. The van der Waals surface area contributed by atoms with E-state index in [1.807, 2.05) is 73.7 Å². The molecule has 0 unspecified atom stereocenters. The summed E-state index contributed by atoms with van der Waals surface area (Å²) >= 11 is 0. The summed E-state index contributed by atoms with van der Waals surface area (Å²) in [5.41, 5.74) is 6.29. The first kappa shape index (κ1) is 22.0. The number of carbonyl (C=O) groups excluding carboxylic acids is 2. The van der Waals surface area contributed by atoms with Gasteiger partial charge in [-0.25, -0.2) is 0 Å². The van der Waals surface area contributed by atoms with Crippen molar-refractivity contribution >= 4 is 23.1 Å². The van der Waals surface area contributed by atoms with E-state index in [2.05, 4.69) is 28.9 Å². The summed E-state index contributed by atoms with van der Waals surface area (Å²) in [5.74, 6) is -0.409. The SMILES string of the molecule is Cc1ccc(C2=C(N3CCN(c4ccccc4)CC3)C(=O)N(Cc3ccccc3)C2=O)cc1C. The van der Waals surface area contributed by atoms with Gasteiger partial charge in [0.15, 0.2) is 0 Å². The first-order valence-corrected chi connectivity index (χ1v) is 11.8. The van der Waals surface area contributed by atoms with Crippen LogP contribution in [0.5, 0.6) is 0 Å². The Labute approximate surface area is 200 Å². The van der Waals surface area contributed by atoms with E-state index in [0.29, 0.717) is 24.4 Å². The van der Waals surface area contributed by atoms with Crippen LogP contribution < -0.4 is 4.90 Å². The van der Waals surface area contributed by atoms with Gasteiger partial charge in [-0.15, -0.1) is 0 Å². The minimum atomic E-state index is -0.211. The Bertz CT molecular complexity index is 1240.